The highest BCUT2D eigenvalue weighted by Gasteiger charge is 2.10. The van der Waals surface area contributed by atoms with Crippen molar-refractivity contribution in [3.8, 4) is 0 Å². The van der Waals surface area contributed by atoms with Gasteiger partial charge < -0.3 is 9.21 Å². The van der Waals surface area contributed by atoms with Crippen LogP contribution in [0.15, 0.2) is 16.5 Å². The highest BCUT2D eigenvalue weighted by molar-refractivity contribution is 6.57. The lowest BCUT2D eigenvalue weighted by atomic mass is 9.91. The van der Waals surface area contributed by atoms with Crippen LogP contribution >= 0.6 is 0 Å². The Labute approximate surface area is 73.4 Å². The highest BCUT2D eigenvalue weighted by Crippen LogP contribution is 2.20. The molecular weight excluding hydrogens is 151 g/mol. The van der Waals surface area contributed by atoms with Crippen molar-refractivity contribution in [3.05, 3.63) is 23.7 Å². The van der Waals surface area contributed by atoms with Gasteiger partial charge >= 0.3 is 0 Å². The number of carbonyl (C=O) groups excluding carboxylic acids is 1. The summed E-state index contributed by atoms with van der Waals surface area (Å²) in [5.74, 6) is 1.77. The summed E-state index contributed by atoms with van der Waals surface area (Å²) in [6.07, 6.45) is 0.340. The Morgan fingerprint density at radius 2 is 2.33 bits per heavy atom. The zero-order chi connectivity index (χ0) is 9.14. The predicted molar refractivity (Wildman–Crippen MR) is 47.2 cm³/mol. The number of aryl methyl sites for hydroxylation is 1. The lowest BCUT2D eigenvalue weighted by Gasteiger charge is -2.04. The van der Waals surface area contributed by atoms with Crippen LogP contribution in [0.4, 0.5) is 0 Å². The van der Waals surface area contributed by atoms with Gasteiger partial charge in [-0.3, -0.25) is 0 Å². The maximum absolute atomic E-state index is 10.6. The van der Waals surface area contributed by atoms with Gasteiger partial charge in [-0.05, 0) is 19.1 Å². The number of hydrogen-bond acceptors (Lipinski definition) is 2. The van der Waals surface area contributed by atoms with Gasteiger partial charge in [0.1, 0.15) is 11.5 Å². The summed E-state index contributed by atoms with van der Waals surface area (Å²) < 4.78 is 5.34. The van der Waals surface area contributed by atoms with Crippen LogP contribution in [0.1, 0.15) is 30.8 Å². The van der Waals surface area contributed by atoms with Crippen LogP contribution in [0.2, 0.25) is 0 Å². The van der Waals surface area contributed by atoms with E-state index < -0.39 is 0 Å². The molecule has 0 saturated carbocycles. The summed E-state index contributed by atoms with van der Waals surface area (Å²) in [4.78, 5) is 10.6. The van der Waals surface area contributed by atoms with E-state index in [1.54, 1.807) is 0 Å². The molecule has 0 aliphatic rings. The summed E-state index contributed by atoms with van der Waals surface area (Å²) in [7, 11) is 5.06. The lowest BCUT2D eigenvalue weighted by Crippen LogP contribution is -2.02. The van der Waals surface area contributed by atoms with Gasteiger partial charge in [0, 0.05) is 12.3 Å². The fourth-order valence-corrected chi connectivity index (χ4v) is 1.12. The molecule has 0 aromatic carbocycles. The molecule has 1 atom stereocenters. The van der Waals surface area contributed by atoms with Crippen molar-refractivity contribution >= 4 is 13.5 Å². The molecule has 2 nitrogen and oxygen atoms in total. The van der Waals surface area contributed by atoms with E-state index in [2.05, 4.69) is 0 Å². The van der Waals surface area contributed by atoms with E-state index in [1.165, 1.54) is 0 Å². The second-order valence-corrected chi connectivity index (χ2v) is 3.02. The summed E-state index contributed by atoms with van der Waals surface area (Å²) in [5, 5.41) is 0. The topological polar surface area (TPSA) is 30.2 Å². The van der Waals surface area contributed by atoms with Gasteiger partial charge in [0.25, 0.3) is 0 Å². The maximum atomic E-state index is 10.6. The first-order valence-electron chi connectivity index (χ1n) is 3.94. The predicted octanol–water partition coefficient (Wildman–Crippen LogP) is 1.78. The lowest BCUT2D eigenvalue weighted by molar-refractivity contribution is -0.112. The van der Waals surface area contributed by atoms with Crippen LogP contribution in [0, 0.1) is 6.92 Å². The Hall–Kier alpha value is -0.985. The van der Waals surface area contributed by atoms with E-state index in [1.807, 2.05) is 26.0 Å². The van der Waals surface area contributed by atoms with E-state index in [4.69, 9.17) is 12.3 Å². The second kappa shape index (κ2) is 3.61. The Bertz CT molecular complexity index is 278. The molecule has 12 heavy (non-hydrogen) atoms. The van der Waals surface area contributed by atoms with Gasteiger partial charge in [-0.1, -0.05) is 6.92 Å². The molecule has 0 amide bonds. The van der Waals surface area contributed by atoms with Crippen LogP contribution in [0.3, 0.4) is 0 Å². The first-order chi connectivity index (χ1) is 5.59. The third-order valence-electron chi connectivity index (χ3n) is 1.75. The van der Waals surface area contributed by atoms with Crippen LogP contribution in [0.25, 0.3) is 0 Å². The zero-order valence-electron chi connectivity index (χ0n) is 7.33. The molecule has 0 aliphatic carbocycles. The second-order valence-electron chi connectivity index (χ2n) is 3.02. The SMILES string of the molecule is [B]C(=O)CC(C)c1ccc(C)o1. The van der Waals surface area contributed by atoms with Gasteiger partial charge in [0.2, 0.25) is 0 Å². The van der Waals surface area contributed by atoms with Crippen molar-refractivity contribution in [1.29, 1.82) is 0 Å². The molecule has 0 spiro atoms. The van der Waals surface area contributed by atoms with E-state index in [0.29, 0.717) is 6.42 Å². The first kappa shape index (κ1) is 9.11. The Kier molecular flexibility index (Phi) is 2.74. The minimum absolute atomic E-state index is 0.0798. The molecule has 1 aromatic rings. The van der Waals surface area contributed by atoms with E-state index in [9.17, 15) is 4.79 Å². The van der Waals surface area contributed by atoms with Crippen molar-refractivity contribution in [2.75, 3.05) is 0 Å². The Morgan fingerprint density at radius 1 is 1.67 bits per heavy atom. The van der Waals surface area contributed by atoms with Crippen molar-refractivity contribution in [2.45, 2.75) is 26.2 Å². The smallest absolute Gasteiger partial charge is 0.167 e. The molecule has 0 saturated heterocycles. The average Bonchev–Trinajstić information content (AvgIpc) is 2.34. The molecule has 0 fully saturated rings. The third-order valence-corrected chi connectivity index (χ3v) is 1.75. The fraction of sp³-hybridized carbons (Fsp3) is 0.444. The number of rotatable bonds is 3. The number of hydrogen-bond donors (Lipinski definition) is 0. The van der Waals surface area contributed by atoms with Gasteiger partial charge in [-0.25, -0.2) is 0 Å². The van der Waals surface area contributed by atoms with Gasteiger partial charge in [0.05, 0.1) is 5.68 Å². The van der Waals surface area contributed by atoms with E-state index in [-0.39, 0.29) is 11.6 Å². The summed E-state index contributed by atoms with van der Waals surface area (Å²) in [6, 6.07) is 3.76. The Morgan fingerprint density at radius 3 is 2.75 bits per heavy atom. The van der Waals surface area contributed by atoms with Crippen LogP contribution in [-0.4, -0.2) is 13.5 Å². The van der Waals surface area contributed by atoms with Crippen molar-refractivity contribution < 1.29 is 9.21 Å². The summed E-state index contributed by atoms with van der Waals surface area (Å²) in [6.45, 7) is 3.80. The monoisotopic (exact) mass is 162 g/mol. The number of carbonyl (C=O) groups is 1. The van der Waals surface area contributed by atoms with E-state index in [0.717, 1.165) is 11.5 Å². The molecule has 62 valence electrons. The molecule has 1 unspecified atom stereocenters. The third kappa shape index (κ3) is 2.26. The molecule has 1 heterocycles. The summed E-state index contributed by atoms with van der Waals surface area (Å²) >= 11 is 0. The fourth-order valence-electron chi connectivity index (χ4n) is 1.12. The van der Waals surface area contributed by atoms with Crippen molar-refractivity contribution in [2.24, 2.45) is 0 Å². The Balaban J connectivity index is 2.64. The number of furan rings is 1. The molecule has 3 heteroatoms. The molecule has 2 radical (unpaired) electrons. The summed E-state index contributed by atoms with van der Waals surface area (Å²) in [5.41, 5.74) is -0.295. The van der Waals surface area contributed by atoms with Crippen molar-refractivity contribution in [1.82, 2.24) is 0 Å². The standard InChI is InChI=1S/C9H11BO2/c1-6(5-9(10)11)8-4-3-7(2)12-8/h3-4,6H,5H2,1-2H3. The van der Waals surface area contributed by atoms with Gasteiger partial charge in [0.15, 0.2) is 7.85 Å². The zero-order valence-corrected chi connectivity index (χ0v) is 7.33. The highest BCUT2D eigenvalue weighted by atomic mass is 16.3. The molecule has 1 rings (SSSR count). The molecule has 1 aromatic heterocycles. The van der Waals surface area contributed by atoms with Gasteiger partial charge in [-0.2, -0.15) is 0 Å². The quantitative estimate of drug-likeness (QED) is 0.634. The van der Waals surface area contributed by atoms with Crippen LogP contribution in [0.5, 0.6) is 0 Å². The normalized spacial score (nSPS) is 12.8. The molecule has 0 aliphatic heterocycles. The van der Waals surface area contributed by atoms with Crippen LogP contribution < -0.4 is 0 Å². The molecule has 0 N–H and O–H groups in total. The largest absolute Gasteiger partial charge is 0.466 e. The van der Waals surface area contributed by atoms with Crippen molar-refractivity contribution in [3.63, 3.8) is 0 Å². The minimum Gasteiger partial charge on any atom is -0.466 e. The average molecular weight is 162 g/mol. The molecular formula is C9H11BO2. The minimum atomic E-state index is -0.295. The first-order valence-corrected chi connectivity index (χ1v) is 3.94. The molecule has 0 bridgehead atoms. The van der Waals surface area contributed by atoms with Gasteiger partial charge in [-0.15, -0.1) is 0 Å². The van der Waals surface area contributed by atoms with E-state index >= 15 is 0 Å². The van der Waals surface area contributed by atoms with Crippen LogP contribution in [-0.2, 0) is 4.79 Å². The maximum Gasteiger partial charge on any atom is 0.167 e.